The Bertz CT molecular complexity index is 366. The minimum Gasteiger partial charge on any atom is -0.276 e. The van der Waals surface area contributed by atoms with Crippen molar-refractivity contribution in [3.05, 3.63) is 18.5 Å². The fourth-order valence-electron chi connectivity index (χ4n) is 1.15. The van der Waals surface area contributed by atoms with Gasteiger partial charge in [-0.3, -0.25) is 10.1 Å². The van der Waals surface area contributed by atoms with Crippen LogP contribution < -0.4 is 10.4 Å². The molecule has 0 aliphatic heterocycles. The van der Waals surface area contributed by atoms with Crippen LogP contribution in [0.4, 0.5) is 5.95 Å². The second-order valence-electron chi connectivity index (χ2n) is 2.82. The van der Waals surface area contributed by atoms with Crippen molar-refractivity contribution in [1.82, 2.24) is 35.8 Å². The van der Waals surface area contributed by atoms with Crippen LogP contribution in [0.1, 0.15) is 12.7 Å². The molecule has 0 unspecified atom stereocenters. The molecular weight excluding hydrogens is 196 g/mol. The molecule has 0 aromatic carbocycles. The van der Waals surface area contributed by atoms with Gasteiger partial charge in [-0.15, -0.1) is 0 Å². The highest BCUT2D eigenvalue weighted by molar-refractivity contribution is 5.23. The highest BCUT2D eigenvalue weighted by atomic mass is 15.6. The third-order valence-electron chi connectivity index (χ3n) is 1.88. The molecule has 0 saturated heterocycles. The molecule has 8 heteroatoms. The first-order valence-electron chi connectivity index (χ1n) is 4.60. The quantitative estimate of drug-likeness (QED) is 0.570. The Balaban J connectivity index is 1.92. The number of nitrogens with zero attached hydrogens (tertiary/aromatic N) is 5. The maximum atomic E-state index is 4.04. The highest BCUT2D eigenvalue weighted by Crippen LogP contribution is 2.00. The average molecular weight is 208 g/mol. The lowest BCUT2D eigenvalue weighted by Crippen LogP contribution is -2.38. The largest absolute Gasteiger partial charge is 0.276 e. The van der Waals surface area contributed by atoms with Crippen molar-refractivity contribution in [3.8, 4) is 0 Å². The smallest absolute Gasteiger partial charge is 0.235 e. The molecule has 0 saturated carbocycles. The van der Waals surface area contributed by atoms with Gasteiger partial charge in [0.1, 0.15) is 18.5 Å². The number of hydrogen-bond donors (Lipinski definition) is 3. The molecule has 0 atom stereocenters. The van der Waals surface area contributed by atoms with Crippen molar-refractivity contribution < 1.29 is 0 Å². The molecule has 2 aromatic heterocycles. The molecule has 2 aromatic rings. The molecule has 0 bridgehead atoms. The van der Waals surface area contributed by atoms with Crippen LogP contribution in [0.15, 0.2) is 12.7 Å². The van der Waals surface area contributed by atoms with E-state index in [1.54, 1.807) is 0 Å². The zero-order valence-corrected chi connectivity index (χ0v) is 8.30. The van der Waals surface area contributed by atoms with Gasteiger partial charge in [0.15, 0.2) is 0 Å². The Hall–Kier alpha value is -1.96. The molecule has 0 amide bonds. The summed E-state index contributed by atoms with van der Waals surface area (Å²) in [7, 11) is 0. The third kappa shape index (κ3) is 2.29. The van der Waals surface area contributed by atoms with Crippen LogP contribution in [-0.4, -0.2) is 36.9 Å². The second kappa shape index (κ2) is 4.51. The van der Waals surface area contributed by atoms with Gasteiger partial charge in [-0.2, -0.15) is 15.2 Å². The minimum absolute atomic E-state index is 0.564. The number of hydrogen-bond acceptors (Lipinski definition) is 6. The molecule has 0 radical (unpaired) electrons. The van der Waals surface area contributed by atoms with Crippen molar-refractivity contribution in [3.63, 3.8) is 0 Å². The number of nitrogens with one attached hydrogen (secondary N) is 3. The van der Waals surface area contributed by atoms with Gasteiger partial charge in [0.05, 0.1) is 6.54 Å². The van der Waals surface area contributed by atoms with Gasteiger partial charge in [0.2, 0.25) is 5.95 Å². The Morgan fingerprint density at radius 1 is 1.27 bits per heavy atom. The number of anilines is 1. The van der Waals surface area contributed by atoms with E-state index in [1.807, 2.05) is 11.9 Å². The predicted octanol–water partition coefficient (Wildman–Crippen LogP) is -0.546. The number of rotatable bonds is 5. The molecule has 15 heavy (non-hydrogen) atoms. The van der Waals surface area contributed by atoms with E-state index in [4.69, 9.17) is 0 Å². The van der Waals surface area contributed by atoms with Crippen LogP contribution >= 0.6 is 0 Å². The first-order chi connectivity index (χ1) is 7.40. The lowest BCUT2D eigenvalue weighted by molar-refractivity contribution is 0.604. The van der Waals surface area contributed by atoms with Crippen LogP contribution in [0, 0.1) is 0 Å². The van der Waals surface area contributed by atoms with E-state index in [1.165, 1.54) is 12.7 Å². The van der Waals surface area contributed by atoms with Crippen molar-refractivity contribution in [2.24, 2.45) is 0 Å². The molecule has 8 nitrogen and oxygen atoms in total. The van der Waals surface area contributed by atoms with E-state index < -0.39 is 0 Å². The fraction of sp³-hybridized carbons (Fsp3) is 0.429. The van der Waals surface area contributed by atoms with Crippen molar-refractivity contribution in [2.45, 2.75) is 13.5 Å². The monoisotopic (exact) mass is 208 g/mol. The minimum atomic E-state index is 0.564. The summed E-state index contributed by atoms with van der Waals surface area (Å²) in [5.41, 5.74) is 3.14. The summed E-state index contributed by atoms with van der Waals surface area (Å²) in [6, 6.07) is 0. The van der Waals surface area contributed by atoms with Crippen LogP contribution in [0.5, 0.6) is 0 Å². The summed E-state index contributed by atoms with van der Waals surface area (Å²) in [5, 5.41) is 14.9. The van der Waals surface area contributed by atoms with Crippen LogP contribution in [0.3, 0.4) is 0 Å². The summed E-state index contributed by atoms with van der Waals surface area (Å²) in [6.45, 7) is 3.34. The molecule has 80 valence electrons. The Kier molecular flexibility index (Phi) is 2.88. The van der Waals surface area contributed by atoms with Gasteiger partial charge in [-0.05, 0) is 6.92 Å². The van der Waals surface area contributed by atoms with E-state index in [9.17, 15) is 0 Å². The van der Waals surface area contributed by atoms with Gasteiger partial charge in [-0.25, -0.2) is 15.5 Å². The standard InChI is InChI=1S/C7H12N8/c1-2-15(7-9-5-11-14-7)12-3-6-8-4-10-13-6/h4-5,12H,2-3H2,1H3,(H,8,10,13)(H,9,11,14). The maximum absolute atomic E-state index is 4.04. The molecule has 0 spiro atoms. The van der Waals surface area contributed by atoms with E-state index in [-0.39, 0.29) is 0 Å². The SMILES string of the molecule is CCN(NCc1ncn[nH]1)c1ncn[nH]1. The number of aromatic amines is 2. The normalized spacial score (nSPS) is 10.5. The number of hydrazine groups is 1. The van der Waals surface area contributed by atoms with Crippen LogP contribution in [0.25, 0.3) is 0 Å². The predicted molar refractivity (Wildman–Crippen MR) is 52.6 cm³/mol. The highest BCUT2D eigenvalue weighted by Gasteiger charge is 2.06. The van der Waals surface area contributed by atoms with Gasteiger partial charge < -0.3 is 0 Å². The van der Waals surface area contributed by atoms with Crippen LogP contribution in [-0.2, 0) is 6.54 Å². The Labute approximate surface area is 86.1 Å². The first-order valence-corrected chi connectivity index (χ1v) is 4.60. The van der Waals surface area contributed by atoms with Gasteiger partial charge >= 0.3 is 0 Å². The lowest BCUT2D eigenvalue weighted by Gasteiger charge is -2.19. The fourth-order valence-corrected chi connectivity index (χ4v) is 1.15. The van der Waals surface area contributed by atoms with Gasteiger partial charge in [0, 0.05) is 6.54 Å². The van der Waals surface area contributed by atoms with Crippen LogP contribution in [0.2, 0.25) is 0 Å². The van der Waals surface area contributed by atoms with E-state index >= 15 is 0 Å². The molecule has 0 fully saturated rings. The number of aromatic nitrogens is 6. The molecule has 0 aliphatic rings. The summed E-state index contributed by atoms with van der Waals surface area (Å²) >= 11 is 0. The molecule has 3 N–H and O–H groups in total. The van der Waals surface area contributed by atoms with Gasteiger partial charge in [-0.1, -0.05) is 0 Å². The second-order valence-corrected chi connectivity index (χ2v) is 2.82. The van der Waals surface area contributed by atoms with Crippen molar-refractivity contribution in [2.75, 3.05) is 11.6 Å². The Morgan fingerprint density at radius 3 is 2.67 bits per heavy atom. The summed E-state index contributed by atoms with van der Waals surface area (Å²) < 4.78 is 0. The summed E-state index contributed by atoms with van der Waals surface area (Å²) in [6.07, 6.45) is 2.94. The van der Waals surface area contributed by atoms with E-state index in [0.717, 1.165) is 12.4 Å². The molecule has 2 heterocycles. The topological polar surface area (TPSA) is 98.4 Å². The lowest BCUT2D eigenvalue weighted by atomic mass is 10.6. The van der Waals surface area contributed by atoms with E-state index in [0.29, 0.717) is 12.5 Å². The maximum Gasteiger partial charge on any atom is 0.235 e. The number of H-pyrrole nitrogens is 2. The average Bonchev–Trinajstić information content (AvgIpc) is 2.90. The zero-order chi connectivity index (χ0) is 10.5. The molecule has 2 rings (SSSR count). The molecular formula is C7H12N8. The van der Waals surface area contributed by atoms with Crippen molar-refractivity contribution >= 4 is 5.95 Å². The van der Waals surface area contributed by atoms with Crippen molar-refractivity contribution in [1.29, 1.82) is 0 Å². The Morgan fingerprint density at radius 2 is 2.07 bits per heavy atom. The van der Waals surface area contributed by atoms with E-state index in [2.05, 4.69) is 35.8 Å². The summed E-state index contributed by atoms with van der Waals surface area (Å²) in [5.74, 6) is 1.45. The zero-order valence-electron chi connectivity index (χ0n) is 8.30. The molecule has 0 aliphatic carbocycles. The third-order valence-corrected chi connectivity index (χ3v) is 1.88. The first kappa shape index (κ1) is 9.59. The van der Waals surface area contributed by atoms with Gasteiger partial charge in [0.25, 0.3) is 0 Å². The summed E-state index contributed by atoms with van der Waals surface area (Å²) in [4.78, 5) is 8.04.